The second-order valence-corrected chi connectivity index (χ2v) is 7.99. The predicted octanol–water partition coefficient (Wildman–Crippen LogP) is 3.23. The number of thiazole rings is 1. The Hall–Kier alpha value is -2.50. The summed E-state index contributed by atoms with van der Waals surface area (Å²) in [7, 11) is 0. The van der Waals surface area contributed by atoms with E-state index in [1.807, 2.05) is 46.7 Å². The molecule has 1 aliphatic rings. The molecule has 2 atom stereocenters. The molecule has 2 aromatic carbocycles. The van der Waals surface area contributed by atoms with E-state index in [9.17, 15) is 4.79 Å². The molecule has 1 aromatic heterocycles. The first-order valence-corrected chi connectivity index (χ1v) is 10.1. The van der Waals surface area contributed by atoms with E-state index in [1.54, 1.807) is 11.3 Å². The second-order valence-electron chi connectivity index (χ2n) is 7.05. The van der Waals surface area contributed by atoms with Crippen LogP contribution in [0.3, 0.4) is 0 Å². The van der Waals surface area contributed by atoms with Gasteiger partial charge in [0.1, 0.15) is 0 Å². The third-order valence-electron chi connectivity index (χ3n) is 5.08. The van der Waals surface area contributed by atoms with Crippen LogP contribution >= 0.6 is 11.3 Å². The molecule has 4 rings (SSSR count). The lowest BCUT2D eigenvalue weighted by Crippen LogP contribution is -2.33. The van der Waals surface area contributed by atoms with Crippen molar-refractivity contribution in [3.63, 3.8) is 0 Å². The zero-order valence-corrected chi connectivity index (χ0v) is 15.9. The summed E-state index contributed by atoms with van der Waals surface area (Å²) in [5, 5.41) is 3.05. The third-order valence-corrected chi connectivity index (χ3v) is 5.97. The molecule has 1 fully saturated rings. The molecule has 1 amide bonds. The number of hydrogen-bond acceptors (Lipinski definition) is 4. The Morgan fingerprint density at radius 2 is 1.78 bits per heavy atom. The van der Waals surface area contributed by atoms with E-state index in [2.05, 4.69) is 29.2 Å². The van der Waals surface area contributed by atoms with Crippen molar-refractivity contribution < 1.29 is 4.79 Å². The Morgan fingerprint density at radius 1 is 1.07 bits per heavy atom. The molecule has 1 aliphatic heterocycles. The highest BCUT2D eigenvalue weighted by Crippen LogP contribution is 2.27. The van der Waals surface area contributed by atoms with Crippen LogP contribution in [0.4, 0.5) is 0 Å². The lowest BCUT2D eigenvalue weighted by Gasteiger charge is -2.16. The van der Waals surface area contributed by atoms with Crippen molar-refractivity contribution in [1.82, 2.24) is 9.88 Å². The number of aromatic nitrogens is 1. The molecule has 5 heteroatoms. The van der Waals surface area contributed by atoms with E-state index < -0.39 is 0 Å². The van der Waals surface area contributed by atoms with Crippen LogP contribution in [0.15, 0.2) is 66.0 Å². The summed E-state index contributed by atoms with van der Waals surface area (Å²) >= 11 is 1.62. The van der Waals surface area contributed by atoms with Gasteiger partial charge < -0.3 is 10.6 Å². The molecule has 0 bridgehead atoms. The maximum atomic E-state index is 12.7. The minimum Gasteiger partial charge on any atom is -0.340 e. The highest BCUT2D eigenvalue weighted by atomic mass is 32.1. The van der Waals surface area contributed by atoms with E-state index >= 15 is 0 Å². The van der Waals surface area contributed by atoms with Gasteiger partial charge in [-0.25, -0.2) is 4.98 Å². The van der Waals surface area contributed by atoms with Crippen LogP contribution in [-0.4, -0.2) is 34.9 Å². The highest BCUT2D eigenvalue weighted by molar-refractivity contribution is 7.09. The first-order valence-electron chi connectivity index (χ1n) is 9.24. The second kappa shape index (κ2) is 8.03. The molecule has 0 saturated carbocycles. The van der Waals surface area contributed by atoms with Crippen molar-refractivity contribution in [2.45, 2.75) is 24.8 Å². The van der Waals surface area contributed by atoms with Gasteiger partial charge in [-0.15, -0.1) is 11.3 Å². The topological polar surface area (TPSA) is 59.2 Å². The van der Waals surface area contributed by atoms with Gasteiger partial charge in [0.05, 0.1) is 17.1 Å². The number of benzene rings is 2. The fourth-order valence-electron chi connectivity index (χ4n) is 3.63. The summed E-state index contributed by atoms with van der Waals surface area (Å²) < 4.78 is 0. The van der Waals surface area contributed by atoms with Gasteiger partial charge in [-0.1, -0.05) is 60.7 Å². The Balaban J connectivity index is 1.37. The summed E-state index contributed by atoms with van der Waals surface area (Å²) in [5.41, 5.74) is 9.61. The minimum atomic E-state index is -0.0135. The summed E-state index contributed by atoms with van der Waals surface area (Å²) in [6.07, 6.45) is 1.16. The van der Waals surface area contributed by atoms with Gasteiger partial charge in [-0.05, 0) is 11.1 Å². The highest BCUT2D eigenvalue weighted by Gasteiger charge is 2.33. The average molecular weight is 378 g/mol. The number of rotatable bonds is 5. The van der Waals surface area contributed by atoms with Crippen LogP contribution in [0.2, 0.25) is 0 Å². The van der Waals surface area contributed by atoms with Gasteiger partial charge in [0.15, 0.2) is 0 Å². The lowest BCUT2D eigenvalue weighted by molar-refractivity contribution is -0.129. The molecular formula is C22H23N3OS. The molecule has 0 radical (unpaired) electrons. The van der Waals surface area contributed by atoms with Gasteiger partial charge >= 0.3 is 0 Å². The first-order chi connectivity index (χ1) is 13.2. The van der Waals surface area contributed by atoms with Gasteiger partial charge in [0.2, 0.25) is 5.91 Å². The van der Waals surface area contributed by atoms with E-state index in [1.165, 1.54) is 11.1 Å². The van der Waals surface area contributed by atoms with Crippen molar-refractivity contribution in [1.29, 1.82) is 0 Å². The summed E-state index contributed by atoms with van der Waals surface area (Å²) in [4.78, 5) is 19.3. The van der Waals surface area contributed by atoms with Crippen LogP contribution < -0.4 is 5.73 Å². The Kier molecular flexibility index (Phi) is 5.32. The quantitative estimate of drug-likeness (QED) is 0.743. The number of nitrogens with zero attached hydrogens (tertiary/aromatic N) is 2. The largest absolute Gasteiger partial charge is 0.340 e. The molecule has 1 saturated heterocycles. The van der Waals surface area contributed by atoms with Crippen molar-refractivity contribution >= 4 is 17.2 Å². The Morgan fingerprint density at radius 3 is 2.52 bits per heavy atom. The van der Waals surface area contributed by atoms with E-state index in [0.29, 0.717) is 19.5 Å². The molecule has 2 N–H and O–H groups in total. The maximum Gasteiger partial charge on any atom is 0.228 e. The molecule has 3 aromatic rings. The van der Waals surface area contributed by atoms with Crippen molar-refractivity contribution in [2.24, 2.45) is 5.73 Å². The SMILES string of the molecule is N[C@@H]1CN(C(=O)Cc2csc(Cc3ccccc3)n2)C[C@H]1c1ccccc1. The molecule has 2 heterocycles. The summed E-state index contributed by atoms with van der Waals surface area (Å²) in [5.74, 6) is 0.319. The number of likely N-dealkylation sites (tertiary alicyclic amines) is 1. The van der Waals surface area contributed by atoms with Crippen molar-refractivity contribution in [3.8, 4) is 0 Å². The van der Waals surface area contributed by atoms with Crippen molar-refractivity contribution in [3.05, 3.63) is 87.9 Å². The monoisotopic (exact) mass is 377 g/mol. The maximum absolute atomic E-state index is 12.7. The number of amides is 1. The molecule has 0 aliphatic carbocycles. The van der Waals surface area contributed by atoms with Crippen LogP contribution in [0, 0.1) is 0 Å². The van der Waals surface area contributed by atoms with Crippen molar-refractivity contribution in [2.75, 3.05) is 13.1 Å². The summed E-state index contributed by atoms with van der Waals surface area (Å²) in [6.45, 7) is 1.30. The molecular weight excluding hydrogens is 354 g/mol. The molecule has 4 nitrogen and oxygen atoms in total. The normalized spacial score (nSPS) is 19.4. The van der Waals surface area contributed by atoms with E-state index in [0.717, 1.165) is 17.1 Å². The lowest BCUT2D eigenvalue weighted by atomic mass is 9.95. The molecule has 27 heavy (non-hydrogen) atoms. The van der Waals surface area contributed by atoms with Gasteiger partial charge in [-0.3, -0.25) is 4.79 Å². The van der Waals surface area contributed by atoms with Gasteiger partial charge in [-0.2, -0.15) is 0 Å². The predicted molar refractivity (Wildman–Crippen MR) is 109 cm³/mol. The van der Waals surface area contributed by atoms with Crippen LogP contribution in [0.1, 0.15) is 27.7 Å². The average Bonchev–Trinajstić information content (AvgIpc) is 3.30. The third kappa shape index (κ3) is 4.26. The minimum absolute atomic E-state index is 0.0135. The fourth-order valence-corrected chi connectivity index (χ4v) is 4.46. The molecule has 138 valence electrons. The van der Waals surface area contributed by atoms with Crippen LogP contribution in [0.25, 0.3) is 0 Å². The zero-order chi connectivity index (χ0) is 18.6. The standard InChI is InChI=1S/C22H23N3OS/c23-20-14-25(13-19(20)17-9-5-2-6-10-17)22(26)12-18-15-27-21(24-18)11-16-7-3-1-4-8-16/h1-10,15,19-20H,11-14,23H2/t19-,20+/m0/s1. The van der Waals surface area contributed by atoms with Gasteiger partial charge in [0.25, 0.3) is 0 Å². The number of carbonyl (C=O) groups excluding carboxylic acids is 1. The zero-order valence-electron chi connectivity index (χ0n) is 15.1. The van der Waals surface area contributed by atoms with E-state index in [4.69, 9.17) is 5.73 Å². The number of hydrogen-bond donors (Lipinski definition) is 1. The Bertz CT molecular complexity index is 894. The van der Waals surface area contributed by atoms with Crippen LogP contribution in [0.5, 0.6) is 0 Å². The van der Waals surface area contributed by atoms with E-state index in [-0.39, 0.29) is 17.9 Å². The van der Waals surface area contributed by atoms with Gasteiger partial charge in [0, 0.05) is 36.9 Å². The fraction of sp³-hybridized carbons (Fsp3) is 0.273. The summed E-state index contributed by atoms with van der Waals surface area (Å²) in [6, 6.07) is 20.5. The molecule has 0 spiro atoms. The molecule has 0 unspecified atom stereocenters. The Labute approximate surface area is 163 Å². The van der Waals surface area contributed by atoms with Crippen LogP contribution in [-0.2, 0) is 17.6 Å². The number of carbonyl (C=O) groups is 1. The number of nitrogens with two attached hydrogens (primary N) is 1. The smallest absolute Gasteiger partial charge is 0.228 e. The first kappa shape index (κ1) is 17.9.